The number of rotatable bonds is 9. The number of nitrogens with zero attached hydrogens (tertiary/aromatic N) is 1. The van der Waals surface area contributed by atoms with Crippen molar-refractivity contribution in [1.82, 2.24) is 10.2 Å². The fraction of sp³-hybridized carbons (Fsp3) is 0.588. The number of aliphatic hydroxyl groups is 1. The second-order valence-electron chi connectivity index (χ2n) is 5.83. The lowest BCUT2D eigenvalue weighted by molar-refractivity contribution is -0.123. The third kappa shape index (κ3) is 7.43. The van der Waals surface area contributed by atoms with Crippen LogP contribution in [0.5, 0.6) is 5.75 Å². The van der Waals surface area contributed by atoms with Crippen LogP contribution in [0.15, 0.2) is 24.3 Å². The molecule has 0 radical (unpaired) electrons. The van der Waals surface area contributed by atoms with Crippen LogP contribution in [-0.4, -0.2) is 54.3 Å². The van der Waals surface area contributed by atoms with Gasteiger partial charge in [0.05, 0.1) is 6.54 Å². The highest BCUT2D eigenvalue weighted by atomic mass is 16.5. The quantitative estimate of drug-likeness (QED) is 0.727. The zero-order valence-electron chi connectivity index (χ0n) is 14.0. The minimum Gasteiger partial charge on any atom is -0.491 e. The molecule has 0 spiro atoms. The van der Waals surface area contributed by atoms with Gasteiger partial charge >= 0.3 is 0 Å². The van der Waals surface area contributed by atoms with Crippen LogP contribution in [0.25, 0.3) is 0 Å². The van der Waals surface area contributed by atoms with E-state index in [1.807, 2.05) is 56.9 Å². The smallest absolute Gasteiger partial charge is 0.234 e. The standard InChI is InChI=1S/C17H28N2O3/c1-5-19(11-17(21)18-13(2)3)10-15(20)12-22-16-8-6-7-14(4)9-16/h6-9,13,15,20H,5,10-12H2,1-4H3,(H,18,21). The third-order valence-corrected chi connectivity index (χ3v) is 3.16. The number of carbonyl (C=O) groups excluding carboxylic acids is 1. The van der Waals surface area contributed by atoms with Crippen LogP contribution in [-0.2, 0) is 4.79 Å². The van der Waals surface area contributed by atoms with Gasteiger partial charge in [0, 0.05) is 12.6 Å². The van der Waals surface area contributed by atoms with Crippen molar-refractivity contribution in [3.05, 3.63) is 29.8 Å². The summed E-state index contributed by atoms with van der Waals surface area (Å²) in [7, 11) is 0. The highest BCUT2D eigenvalue weighted by molar-refractivity contribution is 5.78. The number of aliphatic hydroxyl groups excluding tert-OH is 1. The Labute approximate surface area is 133 Å². The first kappa shape index (κ1) is 18.5. The molecule has 0 heterocycles. The summed E-state index contributed by atoms with van der Waals surface area (Å²) in [6.45, 7) is 9.44. The van der Waals surface area contributed by atoms with E-state index in [1.54, 1.807) is 0 Å². The Morgan fingerprint density at radius 1 is 1.41 bits per heavy atom. The summed E-state index contributed by atoms with van der Waals surface area (Å²) in [5.41, 5.74) is 1.12. The largest absolute Gasteiger partial charge is 0.491 e. The Bertz CT molecular complexity index is 463. The van der Waals surface area contributed by atoms with Crippen LogP contribution in [0, 0.1) is 6.92 Å². The van der Waals surface area contributed by atoms with Crippen LogP contribution in [0.4, 0.5) is 0 Å². The van der Waals surface area contributed by atoms with Crippen molar-refractivity contribution in [3.8, 4) is 5.75 Å². The Morgan fingerprint density at radius 2 is 2.14 bits per heavy atom. The van der Waals surface area contributed by atoms with Crippen LogP contribution in [0.2, 0.25) is 0 Å². The summed E-state index contributed by atoms with van der Waals surface area (Å²) >= 11 is 0. The second kappa shape index (κ2) is 9.43. The van der Waals surface area contributed by atoms with E-state index in [0.29, 0.717) is 13.1 Å². The summed E-state index contributed by atoms with van der Waals surface area (Å²) < 4.78 is 5.59. The maximum atomic E-state index is 11.8. The van der Waals surface area contributed by atoms with Crippen LogP contribution in [0.3, 0.4) is 0 Å². The van der Waals surface area contributed by atoms with E-state index in [1.165, 1.54) is 0 Å². The van der Waals surface area contributed by atoms with Crippen LogP contribution < -0.4 is 10.1 Å². The van der Waals surface area contributed by atoms with Crippen LogP contribution in [0.1, 0.15) is 26.3 Å². The van der Waals surface area contributed by atoms with Gasteiger partial charge in [-0.25, -0.2) is 0 Å². The lowest BCUT2D eigenvalue weighted by Crippen LogP contribution is -2.43. The van der Waals surface area contributed by atoms with E-state index in [2.05, 4.69) is 5.32 Å². The molecule has 0 aliphatic rings. The highest BCUT2D eigenvalue weighted by Crippen LogP contribution is 2.12. The number of nitrogens with one attached hydrogen (secondary N) is 1. The number of carbonyl (C=O) groups is 1. The van der Waals surface area contributed by atoms with Crippen LogP contribution >= 0.6 is 0 Å². The van der Waals surface area contributed by atoms with E-state index < -0.39 is 6.10 Å². The predicted octanol–water partition coefficient (Wildman–Crippen LogP) is 1.58. The third-order valence-electron chi connectivity index (χ3n) is 3.16. The first-order valence-electron chi connectivity index (χ1n) is 7.80. The molecule has 1 amide bonds. The maximum Gasteiger partial charge on any atom is 0.234 e. The van der Waals surface area contributed by atoms with E-state index in [4.69, 9.17) is 4.74 Å². The first-order valence-corrected chi connectivity index (χ1v) is 7.80. The number of aryl methyl sites for hydroxylation is 1. The van der Waals surface area contributed by atoms with Crippen molar-refractivity contribution in [1.29, 1.82) is 0 Å². The fourth-order valence-electron chi connectivity index (χ4n) is 2.12. The average Bonchev–Trinajstić information content (AvgIpc) is 2.43. The van der Waals surface area contributed by atoms with Gasteiger partial charge in [-0.2, -0.15) is 0 Å². The van der Waals surface area contributed by atoms with Gasteiger partial charge in [-0.05, 0) is 45.0 Å². The van der Waals surface area contributed by atoms with Gasteiger partial charge in [-0.15, -0.1) is 0 Å². The lowest BCUT2D eigenvalue weighted by Gasteiger charge is -2.23. The number of benzene rings is 1. The van der Waals surface area contributed by atoms with Crippen molar-refractivity contribution in [2.24, 2.45) is 0 Å². The molecule has 1 atom stereocenters. The average molecular weight is 308 g/mol. The van der Waals surface area contributed by atoms with Gasteiger partial charge in [0.1, 0.15) is 18.5 Å². The summed E-state index contributed by atoms with van der Waals surface area (Å²) in [5, 5.41) is 12.9. The zero-order valence-corrected chi connectivity index (χ0v) is 14.0. The van der Waals surface area contributed by atoms with Gasteiger partial charge in [0.15, 0.2) is 0 Å². The molecule has 5 nitrogen and oxygen atoms in total. The highest BCUT2D eigenvalue weighted by Gasteiger charge is 2.14. The second-order valence-corrected chi connectivity index (χ2v) is 5.83. The molecule has 0 saturated heterocycles. The van der Waals surface area contributed by atoms with E-state index in [0.717, 1.165) is 11.3 Å². The molecular formula is C17H28N2O3. The molecule has 1 aromatic rings. The normalized spacial score (nSPS) is 12.5. The molecule has 22 heavy (non-hydrogen) atoms. The zero-order chi connectivity index (χ0) is 16.5. The monoisotopic (exact) mass is 308 g/mol. The van der Waals surface area contributed by atoms with E-state index >= 15 is 0 Å². The predicted molar refractivity (Wildman–Crippen MR) is 88.1 cm³/mol. The molecule has 0 bridgehead atoms. The topological polar surface area (TPSA) is 61.8 Å². The molecule has 1 aromatic carbocycles. The maximum absolute atomic E-state index is 11.8. The number of hydrogen-bond acceptors (Lipinski definition) is 4. The molecule has 0 fully saturated rings. The van der Waals surface area contributed by atoms with Crippen molar-refractivity contribution in [3.63, 3.8) is 0 Å². The molecule has 0 aromatic heterocycles. The lowest BCUT2D eigenvalue weighted by atomic mass is 10.2. The minimum atomic E-state index is -0.632. The van der Waals surface area contributed by atoms with Gasteiger partial charge in [-0.1, -0.05) is 19.1 Å². The SMILES string of the molecule is CCN(CC(=O)NC(C)C)CC(O)COc1cccc(C)c1. The summed E-state index contributed by atoms with van der Waals surface area (Å²) in [6.07, 6.45) is -0.632. The fourth-order valence-corrected chi connectivity index (χ4v) is 2.12. The molecule has 1 unspecified atom stereocenters. The molecule has 0 saturated carbocycles. The van der Waals surface area contributed by atoms with Gasteiger partial charge < -0.3 is 15.2 Å². The summed E-state index contributed by atoms with van der Waals surface area (Å²) in [4.78, 5) is 13.7. The van der Waals surface area contributed by atoms with Crippen molar-refractivity contribution >= 4 is 5.91 Å². The molecule has 124 valence electrons. The Hall–Kier alpha value is -1.59. The van der Waals surface area contributed by atoms with Crippen molar-refractivity contribution in [2.45, 2.75) is 39.8 Å². The summed E-state index contributed by atoms with van der Waals surface area (Å²) in [6, 6.07) is 7.84. The van der Waals surface area contributed by atoms with Gasteiger partial charge in [0.25, 0.3) is 0 Å². The molecule has 0 aliphatic carbocycles. The number of likely N-dealkylation sites (N-methyl/N-ethyl adjacent to an activating group) is 1. The van der Waals surface area contributed by atoms with E-state index in [-0.39, 0.29) is 25.1 Å². The molecular weight excluding hydrogens is 280 g/mol. The molecule has 2 N–H and O–H groups in total. The molecule has 5 heteroatoms. The Morgan fingerprint density at radius 3 is 2.73 bits per heavy atom. The van der Waals surface area contributed by atoms with Crippen molar-refractivity contribution in [2.75, 3.05) is 26.2 Å². The first-order chi connectivity index (χ1) is 10.4. The number of amides is 1. The minimum absolute atomic E-state index is 0.0244. The molecule has 1 rings (SSSR count). The van der Waals surface area contributed by atoms with Crippen molar-refractivity contribution < 1.29 is 14.6 Å². The summed E-state index contributed by atoms with van der Waals surface area (Å²) in [5.74, 6) is 0.725. The van der Waals surface area contributed by atoms with Gasteiger partial charge in [0.2, 0.25) is 5.91 Å². The van der Waals surface area contributed by atoms with E-state index in [9.17, 15) is 9.90 Å². The van der Waals surface area contributed by atoms with Gasteiger partial charge in [-0.3, -0.25) is 9.69 Å². The Kier molecular flexibility index (Phi) is 7.91. The Balaban J connectivity index is 2.38. The number of hydrogen-bond donors (Lipinski definition) is 2. The number of ether oxygens (including phenoxy) is 1. The molecule has 0 aliphatic heterocycles.